The lowest BCUT2D eigenvalue weighted by Crippen LogP contribution is -2.15. The average molecular weight is 623 g/mol. The molecule has 3 aromatic carbocycles. The highest BCUT2D eigenvalue weighted by Gasteiger charge is 2.15. The molecule has 11 nitrogen and oxygen atoms in total. The fraction of sp³-hybridized carbons (Fsp3) is 0.345. The highest BCUT2D eigenvalue weighted by atomic mass is 32.2. The number of hydrogen-bond acceptors (Lipinski definition) is 11. The van der Waals surface area contributed by atoms with Gasteiger partial charge in [-0.2, -0.15) is 16.8 Å². The van der Waals surface area contributed by atoms with Crippen LogP contribution >= 0.6 is 0 Å². The molecule has 0 fully saturated rings. The van der Waals surface area contributed by atoms with Gasteiger partial charge in [0.2, 0.25) is 0 Å². The topological polar surface area (TPSA) is 141 Å². The Morgan fingerprint density at radius 1 is 0.548 bits per heavy atom. The summed E-state index contributed by atoms with van der Waals surface area (Å²) in [5.41, 5.74) is 2.26. The number of aryl methyl sites for hydroxylation is 2. The molecular weight excluding hydrogens is 588 g/mol. The maximum atomic E-state index is 12.2. The van der Waals surface area contributed by atoms with Crippen LogP contribution in [0.3, 0.4) is 0 Å². The van der Waals surface area contributed by atoms with Crippen molar-refractivity contribution < 1.29 is 48.9 Å². The van der Waals surface area contributed by atoms with Crippen LogP contribution in [0.15, 0.2) is 76.5 Å². The third-order valence-electron chi connectivity index (χ3n) is 5.63. The van der Waals surface area contributed by atoms with Crippen molar-refractivity contribution in [2.45, 2.75) is 23.6 Å². The second kappa shape index (κ2) is 16.3. The predicted octanol–water partition coefficient (Wildman–Crippen LogP) is 3.72. The van der Waals surface area contributed by atoms with Gasteiger partial charge in [0.05, 0.1) is 49.4 Å². The summed E-state index contributed by atoms with van der Waals surface area (Å²) in [7, 11) is -7.73. The molecule has 0 unspecified atom stereocenters. The van der Waals surface area contributed by atoms with Crippen LogP contribution in [0, 0.1) is 13.8 Å². The van der Waals surface area contributed by atoms with E-state index in [1.807, 2.05) is 13.8 Å². The van der Waals surface area contributed by atoms with E-state index in [2.05, 4.69) is 0 Å². The van der Waals surface area contributed by atoms with Crippen molar-refractivity contribution in [1.29, 1.82) is 0 Å². The molecule has 0 heterocycles. The lowest BCUT2D eigenvalue weighted by Gasteiger charge is -2.14. The third-order valence-corrected chi connectivity index (χ3v) is 8.28. The van der Waals surface area contributed by atoms with Crippen LogP contribution in [-0.4, -0.2) is 76.0 Å². The molecule has 0 aromatic heterocycles. The molecule has 228 valence electrons. The van der Waals surface area contributed by atoms with Crippen LogP contribution in [0.5, 0.6) is 11.5 Å². The zero-order chi connectivity index (χ0) is 30.4. The first-order valence-electron chi connectivity index (χ1n) is 13.0. The van der Waals surface area contributed by atoms with E-state index in [0.717, 1.165) is 11.1 Å². The van der Waals surface area contributed by atoms with E-state index < -0.39 is 20.2 Å². The van der Waals surface area contributed by atoms with Crippen molar-refractivity contribution >= 4 is 26.5 Å². The van der Waals surface area contributed by atoms with Crippen LogP contribution in [-0.2, 0) is 38.1 Å². The van der Waals surface area contributed by atoms with Crippen molar-refractivity contribution in [2.75, 3.05) is 52.9 Å². The second-order valence-corrected chi connectivity index (χ2v) is 12.2. The summed E-state index contributed by atoms with van der Waals surface area (Å²) in [5, 5.41) is 0. The Hall–Kier alpha value is -3.33. The van der Waals surface area contributed by atoms with Gasteiger partial charge in [0.25, 0.3) is 20.2 Å². The van der Waals surface area contributed by atoms with Gasteiger partial charge in [-0.1, -0.05) is 35.4 Å². The fourth-order valence-electron chi connectivity index (χ4n) is 3.41. The predicted molar refractivity (Wildman–Crippen MR) is 153 cm³/mol. The first kappa shape index (κ1) is 33.2. The zero-order valence-electron chi connectivity index (χ0n) is 23.4. The van der Waals surface area contributed by atoms with E-state index in [1.54, 1.807) is 36.4 Å². The standard InChI is InChI=1S/C29H34O11S2/c1-23-3-8-26(9-4-23)41(31,32)39-19-15-35-13-17-37-28-12-7-25(22-30)21-29(28)38-18-14-36-16-20-40-42(33,34)27-10-5-24(2)6-11-27/h3-12,21-22H,13-20H2,1-2H3. The minimum atomic E-state index is -3.87. The second-order valence-electron chi connectivity index (χ2n) is 8.92. The Bertz CT molecular complexity index is 1490. The van der Waals surface area contributed by atoms with E-state index in [4.69, 9.17) is 27.3 Å². The average Bonchev–Trinajstić information content (AvgIpc) is 2.97. The molecule has 0 aliphatic carbocycles. The minimum Gasteiger partial charge on any atom is -0.487 e. The maximum absolute atomic E-state index is 12.2. The molecular formula is C29H34O11S2. The van der Waals surface area contributed by atoms with Gasteiger partial charge in [0.1, 0.15) is 19.5 Å². The Labute approximate surface area is 246 Å². The van der Waals surface area contributed by atoms with Crippen LogP contribution in [0.25, 0.3) is 0 Å². The monoisotopic (exact) mass is 622 g/mol. The molecule has 3 rings (SSSR count). The third kappa shape index (κ3) is 10.8. The number of rotatable bonds is 19. The molecule has 0 N–H and O–H groups in total. The van der Waals surface area contributed by atoms with Crippen molar-refractivity contribution in [3.63, 3.8) is 0 Å². The maximum Gasteiger partial charge on any atom is 0.297 e. The molecule has 0 saturated heterocycles. The summed E-state index contributed by atoms with van der Waals surface area (Å²) >= 11 is 0. The highest BCUT2D eigenvalue weighted by Crippen LogP contribution is 2.28. The van der Waals surface area contributed by atoms with Gasteiger partial charge < -0.3 is 18.9 Å². The first-order valence-corrected chi connectivity index (χ1v) is 15.8. The summed E-state index contributed by atoms with van der Waals surface area (Å²) in [6.45, 7) is 3.99. The van der Waals surface area contributed by atoms with Crippen molar-refractivity contribution in [3.05, 3.63) is 83.4 Å². The summed E-state index contributed by atoms with van der Waals surface area (Å²) in [5.74, 6) is 0.684. The summed E-state index contributed by atoms with van der Waals surface area (Å²) < 4.78 is 80.9. The number of aldehydes is 1. The molecule has 3 aromatic rings. The summed E-state index contributed by atoms with van der Waals surface area (Å²) in [4.78, 5) is 11.3. The molecule has 0 spiro atoms. The Balaban J connectivity index is 1.34. The van der Waals surface area contributed by atoms with Crippen molar-refractivity contribution in [1.82, 2.24) is 0 Å². The molecule has 42 heavy (non-hydrogen) atoms. The SMILES string of the molecule is Cc1ccc(S(=O)(=O)OCCOCCOc2ccc(C=O)cc2OCCOCCOS(=O)(=O)c2ccc(C)cc2)cc1. The number of hydrogen-bond donors (Lipinski definition) is 0. The van der Waals surface area contributed by atoms with Gasteiger partial charge in [0, 0.05) is 5.56 Å². The lowest BCUT2D eigenvalue weighted by atomic mass is 10.2. The van der Waals surface area contributed by atoms with Crippen LogP contribution in [0.1, 0.15) is 21.5 Å². The normalized spacial score (nSPS) is 11.8. The molecule has 0 amide bonds. The minimum absolute atomic E-state index is 0.0273. The number of carbonyl (C=O) groups excluding carboxylic acids is 1. The molecule has 0 radical (unpaired) electrons. The summed E-state index contributed by atoms with van der Waals surface area (Å²) in [6.07, 6.45) is 0.673. The lowest BCUT2D eigenvalue weighted by molar-refractivity contribution is 0.0712. The Morgan fingerprint density at radius 3 is 1.43 bits per heavy atom. The zero-order valence-corrected chi connectivity index (χ0v) is 25.0. The molecule has 0 aliphatic heterocycles. The molecule has 13 heteroatoms. The first-order chi connectivity index (χ1) is 20.1. The molecule has 0 atom stereocenters. The van der Waals surface area contributed by atoms with Gasteiger partial charge in [0.15, 0.2) is 11.5 Å². The van der Waals surface area contributed by atoms with Gasteiger partial charge in [-0.05, 0) is 56.3 Å². The van der Waals surface area contributed by atoms with E-state index in [0.29, 0.717) is 23.3 Å². The van der Waals surface area contributed by atoms with Gasteiger partial charge >= 0.3 is 0 Å². The van der Waals surface area contributed by atoms with Crippen LogP contribution < -0.4 is 9.47 Å². The van der Waals surface area contributed by atoms with Crippen molar-refractivity contribution in [2.24, 2.45) is 0 Å². The van der Waals surface area contributed by atoms with E-state index in [9.17, 15) is 21.6 Å². The van der Waals surface area contributed by atoms with E-state index in [-0.39, 0.29) is 62.6 Å². The quantitative estimate of drug-likeness (QED) is 0.110. The molecule has 0 aliphatic rings. The largest absolute Gasteiger partial charge is 0.487 e. The van der Waals surface area contributed by atoms with Crippen molar-refractivity contribution in [3.8, 4) is 11.5 Å². The fourth-order valence-corrected chi connectivity index (χ4v) is 5.19. The number of carbonyl (C=O) groups is 1. The van der Waals surface area contributed by atoms with Crippen LogP contribution in [0.2, 0.25) is 0 Å². The van der Waals surface area contributed by atoms with Gasteiger partial charge in [-0.3, -0.25) is 13.2 Å². The van der Waals surface area contributed by atoms with Crippen LogP contribution in [0.4, 0.5) is 0 Å². The molecule has 0 bridgehead atoms. The smallest absolute Gasteiger partial charge is 0.297 e. The van der Waals surface area contributed by atoms with Gasteiger partial charge in [-0.25, -0.2) is 0 Å². The van der Waals surface area contributed by atoms with Gasteiger partial charge in [-0.15, -0.1) is 0 Å². The van der Waals surface area contributed by atoms with E-state index >= 15 is 0 Å². The number of ether oxygens (including phenoxy) is 4. The number of benzene rings is 3. The highest BCUT2D eigenvalue weighted by molar-refractivity contribution is 7.87. The van der Waals surface area contributed by atoms with E-state index in [1.165, 1.54) is 30.3 Å². The summed E-state index contributed by atoms with van der Waals surface area (Å²) in [6, 6.07) is 17.4. The Kier molecular flexibility index (Phi) is 12.9. The Morgan fingerprint density at radius 2 is 0.976 bits per heavy atom. The molecule has 0 saturated carbocycles.